The summed E-state index contributed by atoms with van der Waals surface area (Å²) in [5.74, 6) is -0.0831. The van der Waals surface area contributed by atoms with Gasteiger partial charge in [0.25, 0.3) is 0 Å². The van der Waals surface area contributed by atoms with Gasteiger partial charge in [0.2, 0.25) is 5.91 Å². The Morgan fingerprint density at radius 2 is 2.06 bits per heavy atom. The van der Waals surface area contributed by atoms with Crippen molar-refractivity contribution in [2.75, 3.05) is 11.9 Å². The maximum atomic E-state index is 12.0. The lowest BCUT2D eigenvalue weighted by atomic mass is 10.1. The number of anilines is 1. The molecule has 17 heavy (non-hydrogen) atoms. The van der Waals surface area contributed by atoms with Crippen molar-refractivity contribution in [1.82, 2.24) is 0 Å². The van der Waals surface area contributed by atoms with Crippen molar-refractivity contribution in [2.24, 2.45) is 11.1 Å². The summed E-state index contributed by atoms with van der Waals surface area (Å²) in [4.78, 5) is 12.0. The van der Waals surface area contributed by atoms with Gasteiger partial charge in [-0.2, -0.15) is 0 Å². The smallest absolute Gasteiger partial charge is 0.231 e. The van der Waals surface area contributed by atoms with E-state index in [-0.39, 0.29) is 5.91 Å². The van der Waals surface area contributed by atoms with Gasteiger partial charge in [0, 0.05) is 11.0 Å². The van der Waals surface area contributed by atoms with Crippen molar-refractivity contribution in [3.8, 4) is 0 Å². The molecule has 2 rings (SSSR count). The van der Waals surface area contributed by atoms with E-state index in [0.717, 1.165) is 12.8 Å². The minimum atomic E-state index is -0.400. The highest BCUT2D eigenvalue weighted by Crippen LogP contribution is 2.46. The standard InChI is InChI=1S/C11H11BrCl2N2O/c12-6-1-2-7(9(14)8(6)13)16-10(17)11(5-15)3-4-11/h1-2H,3-5,15H2,(H,16,17). The van der Waals surface area contributed by atoms with Gasteiger partial charge in [-0.25, -0.2) is 0 Å². The zero-order chi connectivity index (χ0) is 12.6. The average Bonchev–Trinajstić information content (AvgIpc) is 3.11. The Kier molecular flexibility index (Phi) is 3.69. The van der Waals surface area contributed by atoms with Crippen molar-refractivity contribution in [1.29, 1.82) is 0 Å². The van der Waals surface area contributed by atoms with Crippen LogP contribution in [0.4, 0.5) is 5.69 Å². The van der Waals surface area contributed by atoms with Crippen molar-refractivity contribution in [2.45, 2.75) is 12.8 Å². The van der Waals surface area contributed by atoms with E-state index in [1.807, 2.05) is 0 Å². The molecule has 0 radical (unpaired) electrons. The van der Waals surface area contributed by atoms with Gasteiger partial charge >= 0.3 is 0 Å². The molecule has 0 atom stereocenters. The third-order valence-electron chi connectivity index (χ3n) is 3.01. The molecule has 0 bridgehead atoms. The third-order valence-corrected chi connectivity index (χ3v) is 4.78. The Morgan fingerprint density at radius 3 is 2.59 bits per heavy atom. The zero-order valence-corrected chi connectivity index (χ0v) is 12.0. The Labute approximate surface area is 118 Å². The Balaban J connectivity index is 2.20. The highest BCUT2D eigenvalue weighted by atomic mass is 79.9. The van der Waals surface area contributed by atoms with E-state index in [2.05, 4.69) is 21.2 Å². The number of carbonyl (C=O) groups excluding carboxylic acids is 1. The van der Waals surface area contributed by atoms with E-state index in [4.69, 9.17) is 28.9 Å². The van der Waals surface area contributed by atoms with Gasteiger partial charge in [-0.3, -0.25) is 4.79 Å². The first-order chi connectivity index (χ1) is 8.00. The first-order valence-electron chi connectivity index (χ1n) is 5.15. The maximum Gasteiger partial charge on any atom is 0.231 e. The van der Waals surface area contributed by atoms with Crippen molar-refractivity contribution in [3.63, 3.8) is 0 Å². The molecule has 6 heteroatoms. The molecule has 1 fully saturated rings. The van der Waals surface area contributed by atoms with Gasteiger partial charge in [0.15, 0.2) is 0 Å². The Hall–Kier alpha value is -0.290. The predicted molar refractivity (Wildman–Crippen MR) is 73.5 cm³/mol. The molecule has 1 aliphatic rings. The highest BCUT2D eigenvalue weighted by molar-refractivity contribution is 9.10. The maximum absolute atomic E-state index is 12.0. The fourth-order valence-corrected chi connectivity index (χ4v) is 2.37. The molecule has 0 heterocycles. The van der Waals surface area contributed by atoms with Crippen LogP contribution in [0.1, 0.15) is 12.8 Å². The minimum absolute atomic E-state index is 0.0831. The number of nitrogens with one attached hydrogen (secondary N) is 1. The van der Waals surface area contributed by atoms with Gasteiger partial charge in [-0.05, 0) is 40.9 Å². The second kappa shape index (κ2) is 4.76. The van der Waals surface area contributed by atoms with Crippen LogP contribution in [-0.2, 0) is 4.79 Å². The highest BCUT2D eigenvalue weighted by Gasteiger charge is 2.48. The Bertz CT molecular complexity index is 475. The molecule has 0 spiro atoms. The van der Waals surface area contributed by atoms with E-state index >= 15 is 0 Å². The summed E-state index contributed by atoms with van der Waals surface area (Å²) >= 11 is 15.3. The summed E-state index contributed by atoms with van der Waals surface area (Å²) in [5.41, 5.74) is 5.71. The molecule has 1 saturated carbocycles. The molecule has 1 amide bonds. The van der Waals surface area contributed by atoms with Gasteiger partial charge in [0.1, 0.15) is 0 Å². The number of rotatable bonds is 3. The van der Waals surface area contributed by atoms with Crippen LogP contribution in [0.25, 0.3) is 0 Å². The SMILES string of the molecule is NCC1(C(=O)Nc2ccc(Br)c(Cl)c2Cl)CC1. The first kappa shape index (κ1) is 13.1. The zero-order valence-electron chi connectivity index (χ0n) is 8.90. The van der Waals surface area contributed by atoms with E-state index < -0.39 is 5.41 Å². The van der Waals surface area contributed by atoms with Gasteiger partial charge in [0.05, 0.1) is 21.1 Å². The Morgan fingerprint density at radius 1 is 1.41 bits per heavy atom. The van der Waals surface area contributed by atoms with Crippen molar-refractivity contribution >= 4 is 50.7 Å². The molecule has 1 aromatic carbocycles. The van der Waals surface area contributed by atoms with Crippen molar-refractivity contribution in [3.05, 3.63) is 26.7 Å². The summed E-state index contributed by atoms with van der Waals surface area (Å²) in [6.07, 6.45) is 1.66. The van der Waals surface area contributed by atoms with Crippen LogP contribution >= 0.6 is 39.1 Å². The molecular formula is C11H11BrCl2N2O. The molecule has 0 saturated heterocycles. The lowest BCUT2D eigenvalue weighted by molar-refractivity contribution is -0.120. The summed E-state index contributed by atoms with van der Waals surface area (Å²) in [5, 5.41) is 3.50. The quantitative estimate of drug-likeness (QED) is 0.830. The van der Waals surface area contributed by atoms with Gasteiger partial charge in [-0.15, -0.1) is 0 Å². The monoisotopic (exact) mass is 336 g/mol. The molecule has 92 valence electrons. The lowest BCUT2D eigenvalue weighted by Crippen LogP contribution is -2.30. The molecule has 3 nitrogen and oxygen atoms in total. The first-order valence-corrected chi connectivity index (χ1v) is 6.70. The largest absolute Gasteiger partial charge is 0.329 e. The van der Waals surface area contributed by atoms with Gasteiger partial charge < -0.3 is 11.1 Å². The van der Waals surface area contributed by atoms with E-state index in [1.165, 1.54) is 0 Å². The summed E-state index contributed by atoms with van der Waals surface area (Å²) in [6, 6.07) is 3.45. The molecule has 0 aliphatic heterocycles. The molecular weight excluding hydrogens is 327 g/mol. The normalized spacial score (nSPS) is 16.7. The summed E-state index contributed by atoms with van der Waals surface area (Å²) in [7, 11) is 0. The summed E-state index contributed by atoms with van der Waals surface area (Å²) < 4.78 is 0.696. The van der Waals surface area contributed by atoms with Crippen LogP contribution in [0.15, 0.2) is 16.6 Å². The molecule has 0 unspecified atom stereocenters. The molecule has 1 aliphatic carbocycles. The topological polar surface area (TPSA) is 55.1 Å². The number of halogens is 3. The number of amides is 1. The van der Waals surface area contributed by atoms with Crippen molar-refractivity contribution < 1.29 is 4.79 Å². The van der Waals surface area contributed by atoms with E-state index in [9.17, 15) is 4.79 Å². The van der Waals surface area contributed by atoms with Crippen LogP contribution in [0.2, 0.25) is 10.0 Å². The third kappa shape index (κ3) is 2.45. The van der Waals surface area contributed by atoms with Crippen LogP contribution in [0.5, 0.6) is 0 Å². The van der Waals surface area contributed by atoms with Crippen LogP contribution < -0.4 is 11.1 Å². The van der Waals surface area contributed by atoms with Gasteiger partial charge in [-0.1, -0.05) is 23.2 Å². The van der Waals surface area contributed by atoms with Crippen LogP contribution in [0, 0.1) is 5.41 Å². The number of hydrogen-bond donors (Lipinski definition) is 2. The minimum Gasteiger partial charge on any atom is -0.329 e. The second-order valence-electron chi connectivity index (χ2n) is 4.16. The predicted octanol–water partition coefficient (Wildman–Crippen LogP) is 3.43. The van der Waals surface area contributed by atoms with Crippen LogP contribution in [0.3, 0.4) is 0 Å². The van der Waals surface area contributed by atoms with E-state index in [0.29, 0.717) is 26.8 Å². The molecule has 3 N–H and O–H groups in total. The number of benzene rings is 1. The number of hydrogen-bond acceptors (Lipinski definition) is 2. The van der Waals surface area contributed by atoms with E-state index in [1.54, 1.807) is 12.1 Å². The fraction of sp³-hybridized carbons (Fsp3) is 0.364. The number of carbonyl (C=O) groups is 1. The lowest BCUT2D eigenvalue weighted by Gasteiger charge is -2.14. The second-order valence-corrected chi connectivity index (χ2v) is 5.77. The molecule has 1 aromatic rings. The molecule has 0 aromatic heterocycles. The average molecular weight is 338 g/mol. The van der Waals surface area contributed by atoms with Crippen LogP contribution in [-0.4, -0.2) is 12.5 Å². The summed E-state index contributed by atoms with van der Waals surface area (Å²) in [6.45, 7) is 0.362. The number of nitrogens with two attached hydrogens (primary N) is 1. The fourth-order valence-electron chi connectivity index (χ4n) is 1.55.